The molecule has 4 rings (SSSR count). The zero-order chi connectivity index (χ0) is 28.5. The Morgan fingerprint density at radius 2 is 1.73 bits per heavy atom. The van der Waals surface area contributed by atoms with Gasteiger partial charge in [0.1, 0.15) is 11.5 Å². The number of hydrogen-bond acceptors (Lipinski definition) is 8. The first kappa shape index (κ1) is 29.4. The van der Waals surface area contributed by atoms with E-state index in [0.29, 0.717) is 67.8 Å². The molecule has 1 N–H and O–H groups in total. The monoisotopic (exact) mass is 552 g/mol. The van der Waals surface area contributed by atoms with Crippen molar-refractivity contribution in [3.05, 3.63) is 59.2 Å². The Kier molecular flexibility index (Phi) is 10.4. The number of aliphatic hydroxyl groups is 1. The number of amides is 1. The number of methoxy groups -OCH3 is 1. The molecule has 9 nitrogen and oxygen atoms in total. The third kappa shape index (κ3) is 6.77. The molecule has 1 amide bonds. The van der Waals surface area contributed by atoms with Crippen LogP contribution in [0.25, 0.3) is 5.76 Å². The Labute approximate surface area is 236 Å². The normalized spacial score (nSPS) is 19.2. The van der Waals surface area contributed by atoms with Crippen molar-refractivity contribution in [2.24, 2.45) is 0 Å². The van der Waals surface area contributed by atoms with Crippen LogP contribution in [0.15, 0.2) is 48.0 Å². The number of hydrogen-bond donors (Lipinski definition) is 1. The van der Waals surface area contributed by atoms with Crippen LogP contribution >= 0.6 is 0 Å². The fourth-order valence-electron chi connectivity index (χ4n) is 5.08. The van der Waals surface area contributed by atoms with Gasteiger partial charge in [0.2, 0.25) is 0 Å². The molecule has 0 radical (unpaired) electrons. The van der Waals surface area contributed by atoms with Crippen molar-refractivity contribution in [3.63, 3.8) is 0 Å². The molecule has 1 atom stereocenters. The summed E-state index contributed by atoms with van der Waals surface area (Å²) in [6.45, 7) is 9.28. The Morgan fingerprint density at radius 1 is 0.975 bits per heavy atom. The molecule has 2 aromatic rings. The maximum Gasteiger partial charge on any atom is 0.295 e. The molecule has 0 aliphatic carbocycles. The lowest BCUT2D eigenvalue weighted by Crippen LogP contribution is -2.39. The zero-order valence-electron chi connectivity index (χ0n) is 23.7. The molecule has 0 saturated carbocycles. The molecule has 216 valence electrons. The minimum absolute atomic E-state index is 0.0576. The zero-order valence-corrected chi connectivity index (χ0v) is 23.7. The van der Waals surface area contributed by atoms with E-state index in [4.69, 9.17) is 18.9 Å². The van der Waals surface area contributed by atoms with Gasteiger partial charge >= 0.3 is 0 Å². The summed E-state index contributed by atoms with van der Waals surface area (Å²) >= 11 is 0. The highest BCUT2D eigenvalue weighted by atomic mass is 16.5. The van der Waals surface area contributed by atoms with Gasteiger partial charge in [0, 0.05) is 31.7 Å². The van der Waals surface area contributed by atoms with Crippen molar-refractivity contribution in [2.75, 3.05) is 59.7 Å². The number of Topliss-reactive ketones (excluding diaryl/α,β-unsaturated/α-hetero) is 1. The molecule has 0 aromatic heterocycles. The number of likely N-dealkylation sites (tertiary alicyclic amines) is 1. The van der Waals surface area contributed by atoms with Crippen molar-refractivity contribution in [1.82, 2.24) is 9.80 Å². The Balaban J connectivity index is 1.69. The molecular weight excluding hydrogens is 512 g/mol. The molecular formula is C31H40N2O7. The molecule has 2 aromatic carbocycles. The van der Waals surface area contributed by atoms with E-state index in [1.165, 1.54) is 0 Å². The van der Waals surface area contributed by atoms with Gasteiger partial charge in [0.05, 0.1) is 45.2 Å². The Morgan fingerprint density at radius 3 is 2.40 bits per heavy atom. The van der Waals surface area contributed by atoms with Crippen molar-refractivity contribution < 1.29 is 33.6 Å². The second kappa shape index (κ2) is 14.2. The lowest BCUT2D eigenvalue weighted by atomic mass is 9.95. The van der Waals surface area contributed by atoms with Crippen LogP contribution in [0.2, 0.25) is 0 Å². The average Bonchev–Trinajstić information content (AvgIpc) is 3.23. The predicted octanol–water partition coefficient (Wildman–Crippen LogP) is 4.42. The summed E-state index contributed by atoms with van der Waals surface area (Å²) in [5.74, 6) is 0.211. The molecule has 2 aliphatic heterocycles. The quantitative estimate of drug-likeness (QED) is 0.169. The highest BCUT2D eigenvalue weighted by molar-refractivity contribution is 6.46. The summed E-state index contributed by atoms with van der Waals surface area (Å²) in [5, 5.41) is 11.4. The first-order valence-electron chi connectivity index (χ1n) is 14.1. The van der Waals surface area contributed by atoms with Gasteiger partial charge in [-0.3, -0.25) is 14.5 Å². The number of unbranched alkanes of at least 4 members (excludes halogenated alkanes) is 1. The Hall–Kier alpha value is -3.56. The molecule has 1 unspecified atom stereocenters. The molecule has 9 heteroatoms. The molecule has 40 heavy (non-hydrogen) atoms. The third-order valence-corrected chi connectivity index (χ3v) is 7.21. The van der Waals surface area contributed by atoms with Crippen molar-refractivity contribution in [3.8, 4) is 17.2 Å². The van der Waals surface area contributed by atoms with Crippen molar-refractivity contribution in [2.45, 2.75) is 39.2 Å². The van der Waals surface area contributed by atoms with Crippen LogP contribution in [0, 0.1) is 0 Å². The minimum Gasteiger partial charge on any atom is -0.507 e. The molecule has 0 spiro atoms. The second-order valence-electron chi connectivity index (χ2n) is 9.87. The second-order valence-corrected chi connectivity index (χ2v) is 9.87. The Bertz CT molecular complexity index is 1190. The van der Waals surface area contributed by atoms with E-state index in [9.17, 15) is 14.7 Å². The number of nitrogens with zero attached hydrogens (tertiary/aromatic N) is 2. The smallest absolute Gasteiger partial charge is 0.295 e. The fraction of sp³-hybridized carbons (Fsp3) is 0.484. The number of morpholine rings is 1. The van der Waals surface area contributed by atoms with Gasteiger partial charge in [0.25, 0.3) is 11.7 Å². The third-order valence-electron chi connectivity index (χ3n) is 7.21. The van der Waals surface area contributed by atoms with Crippen LogP contribution in [-0.4, -0.2) is 86.3 Å². The maximum absolute atomic E-state index is 13.4. The van der Waals surface area contributed by atoms with E-state index in [-0.39, 0.29) is 11.3 Å². The van der Waals surface area contributed by atoms with Gasteiger partial charge in [0.15, 0.2) is 11.5 Å². The van der Waals surface area contributed by atoms with E-state index in [0.717, 1.165) is 32.5 Å². The number of carbonyl (C=O) groups is 2. The lowest BCUT2D eigenvalue weighted by molar-refractivity contribution is -0.140. The molecule has 2 aliphatic rings. The largest absolute Gasteiger partial charge is 0.507 e. The van der Waals surface area contributed by atoms with Gasteiger partial charge in [-0.15, -0.1) is 0 Å². The molecule has 2 fully saturated rings. The van der Waals surface area contributed by atoms with Crippen LogP contribution in [0.1, 0.15) is 50.3 Å². The summed E-state index contributed by atoms with van der Waals surface area (Å²) in [4.78, 5) is 30.7. The standard InChI is InChI=1S/C31H40N2O7/c1-4-6-18-40-25-13-10-23(21-26(25)37-3)28-27(29(34)22-8-11-24(12-9-22)39-5-2)30(35)31(36)33(28)15-7-14-32-16-19-38-20-17-32/h8-13,21,28,34H,4-7,14-20H2,1-3H3/b29-27+. The van der Waals surface area contributed by atoms with Gasteiger partial charge in [-0.05, 0) is 61.7 Å². The molecule has 2 heterocycles. The lowest BCUT2D eigenvalue weighted by Gasteiger charge is -2.29. The van der Waals surface area contributed by atoms with E-state index in [1.807, 2.05) is 13.0 Å². The highest BCUT2D eigenvalue weighted by Crippen LogP contribution is 2.42. The minimum atomic E-state index is -0.769. The number of ketones is 1. The summed E-state index contributed by atoms with van der Waals surface area (Å²) in [7, 11) is 1.56. The first-order chi connectivity index (χ1) is 19.5. The summed E-state index contributed by atoms with van der Waals surface area (Å²) < 4.78 is 22.5. The van der Waals surface area contributed by atoms with Gasteiger partial charge in [-0.25, -0.2) is 0 Å². The molecule has 0 bridgehead atoms. The van der Waals surface area contributed by atoms with Crippen molar-refractivity contribution >= 4 is 17.4 Å². The van der Waals surface area contributed by atoms with Gasteiger partial charge in [-0.1, -0.05) is 19.4 Å². The van der Waals surface area contributed by atoms with Crippen LogP contribution in [-0.2, 0) is 14.3 Å². The van der Waals surface area contributed by atoms with Crippen LogP contribution in [0.5, 0.6) is 17.2 Å². The first-order valence-corrected chi connectivity index (χ1v) is 14.1. The molecule has 2 saturated heterocycles. The number of aliphatic hydroxyl groups excluding tert-OH is 1. The van der Waals surface area contributed by atoms with Gasteiger partial charge < -0.3 is 29.0 Å². The fourth-order valence-corrected chi connectivity index (χ4v) is 5.08. The topological polar surface area (TPSA) is 97.8 Å². The van der Waals surface area contributed by atoms with E-state index in [1.54, 1.807) is 48.4 Å². The summed E-state index contributed by atoms with van der Waals surface area (Å²) in [5.41, 5.74) is 1.16. The van der Waals surface area contributed by atoms with E-state index >= 15 is 0 Å². The average molecular weight is 553 g/mol. The van der Waals surface area contributed by atoms with E-state index in [2.05, 4.69) is 11.8 Å². The summed E-state index contributed by atoms with van der Waals surface area (Å²) in [6.07, 6.45) is 2.60. The number of ether oxygens (including phenoxy) is 4. The SMILES string of the molecule is CCCCOc1ccc(C2/C(=C(\O)c3ccc(OCC)cc3)C(=O)C(=O)N2CCCN2CCOCC2)cc1OC. The van der Waals surface area contributed by atoms with Crippen LogP contribution in [0.4, 0.5) is 0 Å². The predicted molar refractivity (Wildman–Crippen MR) is 152 cm³/mol. The van der Waals surface area contributed by atoms with Crippen molar-refractivity contribution in [1.29, 1.82) is 0 Å². The van der Waals surface area contributed by atoms with E-state index < -0.39 is 17.7 Å². The number of carbonyl (C=O) groups excluding carboxylic acids is 2. The van der Waals surface area contributed by atoms with Gasteiger partial charge in [-0.2, -0.15) is 0 Å². The van der Waals surface area contributed by atoms with Crippen LogP contribution in [0.3, 0.4) is 0 Å². The summed E-state index contributed by atoms with van der Waals surface area (Å²) in [6, 6.07) is 11.5. The highest BCUT2D eigenvalue weighted by Gasteiger charge is 2.46. The number of rotatable bonds is 13. The number of benzene rings is 2. The maximum atomic E-state index is 13.4. The van der Waals surface area contributed by atoms with Crippen LogP contribution < -0.4 is 14.2 Å².